The summed E-state index contributed by atoms with van der Waals surface area (Å²) in [5, 5.41) is 9.47. The molecule has 6 heteroatoms. The van der Waals surface area contributed by atoms with Gasteiger partial charge in [0.05, 0.1) is 6.10 Å². The smallest absolute Gasteiger partial charge is 0.410 e. The second kappa shape index (κ2) is 4.67. The van der Waals surface area contributed by atoms with Crippen LogP contribution in [0.5, 0.6) is 0 Å². The van der Waals surface area contributed by atoms with Gasteiger partial charge in [-0.15, -0.1) is 0 Å². The molecule has 108 valence electrons. The number of carbonyl (C=O) groups excluding carboxylic acids is 1. The molecule has 2 atom stereocenters. The number of carbonyl (C=O) groups is 2. The highest BCUT2D eigenvalue weighted by Gasteiger charge is 2.54. The van der Waals surface area contributed by atoms with Crippen molar-refractivity contribution in [2.45, 2.75) is 45.3 Å². The molecule has 2 fully saturated rings. The van der Waals surface area contributed by atoms with Crippen molar-refractivity contribution in [3.63, 3.8) is 0 Å². The van der Waals surface area contributed by atoms with Crippen molar-refractivity contribution >= 4 is 12.1 Å². The quantitative estimate of drug-likeness (QED) is 0.782. The van der Waals surface area contributed by atoms with E-state index in [1.165, 1.54) is 4.90 Å². The van der Waals surface area contributed by atoms with Crippen molar-refractivity contribution in [1.82, 2.24) is 4.90 Å². The minimum absolute atomic E-state index is 0.169. The molecule has 2 saturated heterocycles. The summed E-state index contributed by atoms with van der Waals surface area (Å²) in [4.78, 5) is 25.1. The molecule has 1 N–H and O–H groups in total. The molecule has 0 aromatic carbocycles. The first-order valence-corrected chi connectivity index (χ1v) is 6.57. The maximum atomic E-state index is 12.0. The molecule has 2 aliphatic rings. The standard InChI is InChI=1S/C13H21NO5/c1-12(2,3)19-11(17)14-6-4-9-13(8-14,10(15)16)5-7-18-9/h9H,4-8H2,1-3H3,(H,15,16)/t9-,13+/m0/s1. The number of nitrogens with zero attached hydrogens (tertiary/aromatic N) is 1. The van der Waals surface area contributed by atoms with Crippen LogP contribution in [0.15, 0.2) is 0 Å². The lowest BCUT2D eigenvalue weighted by Gasteiger charge is -2.40. The van der Waals surface area contributed by atoms with Crippen LogP contribution in [0.4, 0.5) is 4.79 Å². The monoisotopic (exact) mass is 271 g/mol. The Hall–Kier alpha value is -1.30. The summed E-state index contributed by atoms with van der Waals surface area (Å²) in [6.45, 7) is 6.48. The van der Waals surface area contributed by atoms with Gasteiger partial charge in [-0.25, -0.2) is 4.79 Å². The summed E-state index contributed by atoms with van der Waals surface area (Å²) in [5.74, 6) is -0.886. The molecule has 0 saturated carbocycles. The van der Waals surface area contributed by atoms with E-state index in [1.54, 1.807) is 20.8 Å². The van der Waals surface area contributed by atoms with Gasteiger partial charge in [0.25, 0.3) is 0 Å². The number of aliphatic carboxylic acids is 1. The Morgan fingerprint density at radius 2 is 2.11 bits per heavy atom. The van der Waals surface area contributed by atoms with Crippen LogP contribution in [0, 0.1) is 5.41 Å². The minimum Gasteiger partial charge on any atom is -0.481 e. The highest BCUT2D eigenvalue weighted by Crippen LogP contribution is 2.41. The van der Waals surface area contributed by atoms with E-state index in [4.69, 9.17) is 9.47 Å². The fourth-order valence-corrected chi connectivity index (χ4v) is 2.73. The molecule has 0 aliphatic carbocycles. The summed E-state index contributed by atoms with van der Waals surface area (Å²) in [6, 6.07) is 0. The van der Waals surface area contributed by atoms with Gasteiger partial charge in [-0.1, -0.05) is 0 Å². The first-order chi connectivity index (χ1) is 8.74. The van der Waals surface area contributed by atoms with Crippen LogP contribution in [0.3, 0.4) is 0 Å². The molecular formula is C13H21NO5. The second-order valence-electron chi connectivity index (χ2n) is 6.26. The number of ether oxygens (including phenoxy) is 2. The fourth-order valence-electron chi connectivity index (χ4n) is 2.73. The SMILES string of the molecule is CC(C)(C)OC(=O)N1CC[C@@H]2OCC[C@@]2(C(=O)O)C1. The number of likely N-dealkylation sites (tertiary alicyclic amines) is 1. The second-order valence-corrected chi connectivity index (χ2v) is 6.26. The largest absolute Gasteiger partial charge is 0.481 e. The van der Waals surface area contributed by atoms with Gasteiger partial charge in [-0.3, -0.25) is 4.79 Å². The van der Waals surface area contributed by atoms with Crippen LogP contribution in [0.25, 0.3) is 0 Å². The molecule has 1 amide bonds. The average Bonchev–Trinajstić information content (AvgIpc) is 2.70. The van der Waals surface area contributed by atoms with Gasteiger partial charge in [0, 0.05) is 19.7 Å². The highest BCUT2D eigenvalue weighted by molar-refractivity contribution is 5.78. The van der Waals surface area contributed by atoms with Crippen molar-refractivity contribution < 1.29 is 24.2 Å². The zero-order chi connectivity index (χ0) is 14.3. The highest BCUT2D eigenvalue weighted by atomic mass is 16.6. The van der Waals surface area contributed by atoms with Crippen LogP contribution in [-0.4, -0.2) is 53.5 Å². The van der Waals surface area contributed by atoms with E-state index in [9.17, 15) is 14.7 Å². The number of amides is 1. The van der Waals surface area contributed by atoms with Crippen LogP contribution >= 0.6 is 0 Å². The maximum Gasteiger partial charge on any atom is 0.410 e. The number of piperidine rings is 1. The Labute approximate surface area is 112 Å². The summed E-state index contributed by atoms with van der Waals surface area (Å²) in [5.41, 5.74) is -1.54. The lowest BCUT2D eigenvalue weighted by Crippen LogP contribution is -2.55. The van der Waals surface area contributed by atoms with Crippen LogP contribution in [0.2, 0.25) is 0 Å². The van der Waals surface area contributed by atoms with Gasteiger partial charge in [-0.05, 0) is 33.6 Å². The molecule has 19 heavy (non-hydrogen) atoms. The van der Waals surface area contributed by atoms with Gasteiger partial charge in [0.1, 0.15) is 11.0 Å². The third-order valence-electron chi connectivity index (χ3n) is 3.70. The van der Waals surface area contributed by atoms with Crippen molar-refractivity contribution in [2.24, 2.45) is 5.41 Å². The Morgan fingerprint density at radius 3 is 2.68 bits per heavy atom. The topological polar surface area (TPSA) is 76.1 Å². The molecule has 0 radical (unpaired) electrons. The average molecular weight is 271 g/mol. The summed E-state index contributed by atoms with van der Waals surface area (Å²) < 4.78 is 10.8. The molecule has 0 spiro atoms. The summed E-state index contributed by atoms with van der Waals surface area (Å²) in [6.07, 6.45) is 0.264. The molecule has 2 aliphatic heterocycles. The van der Waals surface area contributed by atoms with E-state index >= 15 is 0 Å². The van der Waals surface area contributed by atoms with Crippen molar-refractivity contribution in [1.29, 1.82) is 0 Å². The van der Waals surface area contributed by atoms with E-state index in [0.29, 0.717) is 26.0 Å². The number of hydrogen-bond acceptors (Lipinski definition) is 4. The zero-order valence-electron chi connectivity index (χ0n) is 11.6. The Kier molecular flexibility index (Phi) is 3.47. The third-order valence-corrected chi connectivity index (χ3v) is 3.70. The van der Waals surface area contributed by atoms with E-state index in [2.05, 4.69) is 0 Å². The van der Waals surface area contributed by atoms with E-state index in [1.807, 2.05) is 0 Å². The normalized spacial score (nSPS) is 30.9. The van der Waals surface area contributed by atoms with Gasteiger partial charge in [-0.2, -0.15) is 0 Å². The zero-order valence-corrected chi connectivity index (χ0v) is 11.6. The molecule has 2 rings (SSSR count). The molecule has 0 unspecified atom stereocenters. The summed E-state index contributed by atoms with van der Waals surface area (Å²) in [7, 11) is 0. The molecular weight excluding hydrogens is 250 g/mol. The van der Waals surface area contributed by atoms with Crippen molar-refractivity contribution in [2.75, 3.05) is 19.7 Å². The number of fused-ring (bicyclic) bond motifs is 1. The lowest BCUT2D eigenvalue weighted by molar-refractivity contribution is -0.156. The molecule has 6 nitrogen and oxygen atoms in total. The van der Waals surface area contributed by atoms with Gasteiger partial charge >= 0.3 is 12.1 Å². The fraction of sp³-hybridized carbons (Fsp3) is 0.846. The van der Waals surface area contributed by atoms with Gasteiger partial charge in [0.15, 0.2) is 0 Å². The van der Waals surface area contributed by atoms with Crippen LogP contribution in [0.1, 0.15) is 33.6 Å². The first kappa shape index (κ1) is 14.1. The molecule has 0 aromatic rings. The first-order valence-electron chi connectivity index (χ1n) is 6.57. The Bertz CT molecular complexity index is 389. The van der Waals surface area contributed by atoms with E-state index < -0.39 is 23.1 Å². The van der Waals surface area contributed by atoms with Crippen molar-refractivity contribution in [3.8, 4) is 0 Å². The van der Waals surface area contributed by atoms with Gasteiger partial charge < -0.3 is 19.5 Å². The van der Waals surface area contributed by atoms with E-state index in [-0.39, 0.29) is 12.6 Å². The maximum absolute atomic E-state index is 12.0. The minimum atomic E-state index is -0.963. The lowest BCUT2D eigenvalue weighted by atomic mass is 9.77. The predicted molar refractivity (Wildman–Crippen MR) is 66.8 cm³/mol. The molecule has 0 aromatic heterocycles. The number of carboxylic acid groups (broad SMARTS) is 1. The number of hydrogen-bond donors (Lipinski definition) is 1. The Balaban J connectivity index is 2.10. The third kappa shape index (κ3) is 2.68. The Morgan fingerprint density at radius 1 is 1.42 bits per heavy atom. The van der Waals surface area contributed by atoms with Gasteiger partial charge in [0.2, 0.25) is 0 Å². The molecule has 0 bridgehead atoms. The summed E-state index contributed by atoms with van der Waals surface area (Å²) >= 11 is 0. The van der Waals surface area contributed by atoms with Crippen molar-refractivity contribution in [3.05, 3.63) is 0 Å². The number of carboxylic acids is 1. The number of rotatable bonds is 1. The van der Waals surface area contributed by atoms with Crippen LogP contribution in [-0.2, 0) is 14.3 Å². The van der Waals surface area contributed by atoms with E-state index in [0.717, 1.165) is 0 Å². The van der Waals surface area contributed by atoms with Crippen LogP contribution < -0.4 is 0 Å². The predicted octanol–water partition coefficient (Wildman–Crippen LogP) is 1.49. The molecule has 2 heterocycles.